The van der Waals surface area contributed by atoms with Gasteiger partial charge in [-0.05, 0) is 35.1 Å². The topological polar surface area (TPSA) is 34.1 Å². The lowest BCUT2D eigenvalue weighted by molar-refractivity contribution is -0.114. The van der Waals surface area contributed by atoms with Crippen LogP contribution in [0.3, 0.4) is 0 Å². The van der Waals surface area contributed by atoms with Crippen LogP contribution in [0.25, 0.3) is 0 Å². The first-order chi connectivity index (χ1) is 11.8. The van der Waals surface area contributed by atoms with Crippen molar-refractivity contribution in [3.8, 4) is 0 Å². The molecule has 0 bridgehead atoms. The first kappa shape index (κ1) is 20.0. The van der Waals surface area contributed by atoms with Gasteiger partial charge in [0.15, 0.2) is 17.2 Å². The zero-order valence-corrected chi connectivity index (χ0v) is 16.4. The van der Waals surface area contributed by atoms with Crippen LogP contribution in [0.15, 0.2) is 65.8 Å². The van der Waals surface area contributed by atoms with E-state index < -0.39 is 16.5 Å². The molecule has 0 saturated heterocycles. The Labute approximate surface area is 155 Å². The maximum absolute atomic E-state index is 15.6. The summed E-state index contributed by atoms with van der Waals surface area (Å²) in [5.74, 6) is -0.392. The lowest BCUT2D eigenvalue weighted by atomic mass is 9.70. The monoisotopic (exact) mass is 354 g/mol. The fourth-order valence-corrected chi connectivity index (χ4v) is 2.87. The Hall–Kier alpha value is -2.29. The minimum Gasteiger partial charge on any atom is -0.289 e. The molecule has 3 heteroatoms. The molecule has 0 aromatic heterocycles. The summed E-state index contributed by atoms with van der Waals surface area (Å²) >= 11 is 0. The molecule has 1 aromatic rings. The van der Waals surface area contributed by atoms with E-state index in [0.29, 0.717) is 16.7 Å². The summed E-state index contributed by atoms with van der Waals surface area (Å²) in [5, 5.41) is 0. The number of rotatable bonds is 3. The van der Waals surface area contributed by atoms with Gasteiger partial charge < -0.3 is 0 Å². The standard InChI is InChI=1S/C23H27FO2/c1-21(2,3)17-14-23(24,15-18(20(17)26)22(4,5)6)13-12-19(25)16-10-8-7-9-11-16/h7-15H,1-6H3/b13-12+. The maximum atomic E-state index is 15.6. The molecule has 0 spiro atoms. The SMILES string of the molecule is CC(C)(C)C1=CC(F)(/C=C/C(=O)c2ccccc2)C=C(C(C)(C)C)C1=O. The molecule has 2 rings (SSSR count). The van der Waals surface area contributed by atoms with Crippen molar-refractivity contribution in [1.29, 1.82) is 0 Å². The molecule has 0 amide bonds. The summed E-state index contributed by atoms with van der Waals surface area (Å²) in [6.45, 7) is 11.3. The van der Waals surface area contributed by atoms with Crippen LogP contribution in [0.5, 0.6) is 0 Å². The van der Waals surface area contributed by atoms with Gasteiger partial charge in [-0.1, -0.05) is 71.9 Å². The Morgan fingerprint density at radius 2 is 1.38 bits per heavy atom. The Morgan fingerprint density at radius 3 is 1.81 bits per heavy atom. The van der Waals surface area contributed by atoms with Crippen molar-refractivity contribution in [3.05, 3.63) is 71.3 Å². The summed E-state index contributed by atoms with van der Waals surface area (Å²) in [5.41, 5.74) is -1.58. The molecule has 138 valence electrons. The van der Waals surface area contributed by atoms with Crippen LogP contribution in [0.4, 0.5) is 4.39 Å². The highest BCUT2D eigenvalue weighted by Gasteiger charge is 2.40. The summed E-state index contributed by atoms with van der Waals surface area (Å²) in [4.78, 5) is 25.2. The molecule has 0 N–H and O–H groups in total. The summed E-state index contributed by atoms with van der Waals surface area (Å²) < 4.78 is 15.6. The zero-order valence-electron chi connectivity index (χ0n) is 16.4. The molecule has 0 fully saturated rings. The first-order valence-corrected chi connectivity index (χ1v) is 8.82. The van der Waals surface area contributed by atoms with Gasteiger partial charge in [-0.2, -0.15) is 0 Å². The molecule has 26 heavy (non-hydrogen) atoms. The highest BCUT2D eigenvalue weighted by Crippen LogP contribution is 2.41. The zero-order chi connectivity index (χ0) is 19.8. The number of ketones is 2. The number of benzene rings is 1. The van der Waals surface area contributed by atoms with Crippen LogP contribution in [0.2, 0.25) is 0 Å². The van der Waals surface area contributed by atoms with E-state index in [1.807, 2.05) is 47.6 Å². The maximum Gasteiger partial charge on any atom is 0.185 e. The average Bonchev–Trinajstić information content (AvgIpc) is 2.54. The van der Waals surface area contributed by atoms with E-state index in [9.17, 15) is 9.59 Å². The third-order valence-electron chi connectivity index (χ3n) is 4.38. The van der Waals surface area contributed by atoms with E-state index in [2.05, 4.69) is 0 Å². The molecule has 0 radical (unpaired) electrons. The minimum atomic E-state index is -1.97. The second-order valence-corrected chi connectivity index (χ2v) is 8.84. The minimum absolute atomic E-state index is 0.124. The molecule has 0 atom stereocenters. The molecule has 0 saturated carbocycles. The van der Waals surface area contributed by atoms with Gasteiger partial charge >= 0.3 is 0 Å². The molecule has 0 heterocycles. The van der Waals surface area contributed by atoms with Crippen LogP contribution >= 0.6 is 0 Å². The molecule has 0 aliphatic heterocycles. The van der Waals surface area contributed by atoms with Gasteiger partial charge in [0.05, 0.1) is 0 Å². The van der Waals surface area contributed by atoms with Gasteiger partial charge in [0.25, 0.3) is 0 Å². The van der Waals surface area contributed by atoms with Crippen LogP contribution in [-0.2, 0) is 4.79 Å². The van der Waals surface area contributed by atoms with Gasteiger partial charge in [0.2, 0.25) is 0 Å². The normalized spacial score (nSPS) is 17.9. The number of alkyl halides is 1. The summed E-state index contributed by atoms with van der Waals surface area (Å²) in [6.07, 6.45) is 5.18. The van der Waals surface area contributed by atoms with Crippen molar-refractivity contribution in [3.63, 3.8) is 0 Å². The number of halogens is 1. The van der Waals surface area contributed by atoms with Gasteiger partial charge in [-0.3, -0.25) is 9.59 Å². The Morgan fingerprint density at radius 1 is 0.923 bits per heavy atom. The number of Topliss-reactive ketones (excluding diaryl/α,β-unsaturated/α-hetero) is 1. The average molecular weight is 354 g/mol. The second kappa shape index (κ2) is 6.79. The van der Waals surface area contributed by atoms with Gasteiger partial charge in [0.1, 0.15) is 0 Å². The van der Waals surface area contributed by atoms with Crippen molar-refractivity contribution in [2.45, 2.75) is 47.2 Å². The molecule has 1 aliphatic rings. The van der Waals surface area contributed by atoms with Crippen LogP contribution in [0, 0.1) is 10.8 Å². The smallest absolute Gasteiger partial charge is 0.185 e. The summed E-state index contributed by atoms with van der Waals surface area (Å²) in [6, 6.07) is 8.73. The first-order valence-electron chi connectivity index (χ1n) is 8.82. The van der Waals surface area contributed by atoms with E-state index in [1.165, 1.54) is 24.3 Å². The molecule has 1 aliphatic carbocycles. The molecular formula is C23H27FO2. The third-order valence-corrected chi connectivity index (χ3v) is 4.38. The molecule has 2 nitrogen and oxygen atoms in total. The Kier molecular flexibility index (Phi) is 5.23. The van der Waals surface area contributed by atoms with Crippen molar-refractivity contribution in [2.75, 3.05) is 0 Å². The fourth-order valence-electron chi connectivity index (χ4n) is 2.87. The largest absolute Gasteiger partial charge is 0.289 e. The number of hydrogen-bond acceptors (Lipinski definition) is 2. The third kappa shape index (κ3) is 4.46. The van der Waals surface area contributed by atoms with Crippen molar-refractivity contribution in [2.24, 2.45) is 10.8 Å². The quantitative estimate of drug-likeness (QED) is 0.518. The van der Waals surface area contributed by atoms with Gasteiger partial charge in [0, 0.05) is 16.7 Å². The molecular weight excluding hydrogens is 327 g/mol. The second-order valence-electron chi connectivity index (χ2n) is 8.84. The van der Waals surface area contributed by atoms with E-state index >= 15 is 4.39 Å². The highest BCUT2D eigenvalue weighted by molar-refractivity contribution is 6.11. The van der Waals surface area contributed by atoms with Gasteiger partial charge in [-0.15, -0.1) is 0 Å². The number of allylic oxidation sites excluding steroid dienone is 6. The van der Waals surface area contributed by atoms with E-state index in [0.717, 1.165) is 0 Å². The summed E-state index contributed by atoms with van der Waals surface area (Å²) in [7, 11) is 0. The fraction of sp³-hybridized carbons (Fsp3) is 0.391. The van der Waals surface area contributed by atoms with E-state index in [-0.39, 0.29) is 11.6 Å². The number of carbonyl (C=O) groups excluding carboxylic acids is 2. The predicted octanol–water partition coefficient (Wildman–Crippen LogP) is 5.66. The molecule has 1 aromatic carbocycles. The Bertz CT molecular complexity index is 763. The highest BCUT2D eigenvalue weighted by atomic mass is 19.1. The lowest BCUT2D eigenvalue weighted by Gasteiger charge is -2.34. The van der Waals surface area contributed by atoms with Crippen molar-refractivity contribution in [1.82, 2.24) is 0 Å². The molecule has 0 unspecified atom stereocenters. The van der Waals surface area contributed by atoms with Crippen LogP contribution in [0.1, 0.15) is 51.9 Å². The van der Waals surface area contributed by atoms with Gasteiger partial charge in [-0.25, -0.2) is 4.39 Å². The lowest BCUT2D eigenvalue weighted by Crippen LogP contribution is -2.34. The Balaban J connectivity index is 2.47. The predicted molar refractivity (Wildman–Crippen MR) is 104 cm³/mol. The van der Waals surface area contributed by atoms with E-state index in [1.54, 1.807) is 24.3 Å². The van der Waals surface area contributed by atoms with Crippen LogP contribution < -0.4 is 0 Å². The van der Waals surface area contributed by atoms with E-state index in [4.69, 9.17) is 0 Å². The van der Waals surface area contributed by atoms with Crippen LogP contribution in [-0.4, -0.2) is 17.2 Å². The number of carbonyl (C=O) groups is 2. The van der Waals surface area contributed by atoms with Crippen molar-refractivity contribution >= 4 is 11.6 Å². The van der Waals surface area contributed by atoms with Crippen molar-refractivity contribution < 1.29 is 14.0 Å². The number of hydrogen-bond donors (Lipinski definition) is 0.